The molecule has 2 atom stereocenters. The van der Waals surface area contributed by atoms with Crippen LogP contribution in [0.4, 0.5) is 0 Å². The van der Waals surface area contributed by atoms with Gasteiger partial charge in [0, 0.05) is 19.0 Å². The molecule has 1 saturated heterocycles. The van der Waals surface area contributed by atoms with Crippen LogP contribution in [-0.4, -0.2) is 44.6 Å². The highest BCUT2D eigenvalue weighted by Gasteiger charge is 2.52. The fraction of sp³-hybridized carbons (Fsp3) is 0.619. The summed E-state index contributed by atoms with van der Waals surface area (Å²) in [6.45, 7) is 15.4. The Bertz CT molecular complexity index is 763. The number of sulfonamides is 1. The Labute approximate surface area is 166 Å². The molecule has 0 spiro atoms. The maximum Gasteiger partial charge on any atom is 0.243 e. The Morgan fingerprint density at radius 1 is 1.19 bits per heavy atom. The molecule has 1 aromatic carbocycles. The summed E-state index contributed by atoms with van der Waals surface area (Å²) in [7, 11) is -5.36. The van der Waals surface area contributed by atoms with E-state index in [0.29, 0.717) is 17.9 Å². The van der Waals surface area contributed by atoms with E-state index in [4.69, 9.17) is 0 Å². The molecule has 1 aromatic rings. The number of benzene rings is 1. The van der Waals surface area contributed by atoms with E-state index in [1.807, 2.05) is 26.0 Å². The van der Waals surface area contributed by atoms with Crippen molar-refractivity contribution < 1.29 is 13.5 Å². The van der Waals surface area contributed by atoms with E-state index in [9.17, 15) is 13.5 Å². The topological polar surface area (TPSA) is 57.6 Å². The lowest BCUT2D eigenvalue weighted by molar-refractivity contribution is 0.0248. The highest BCUT2D eigenvalue weighted by molar-refractivity contribution is 7.89. The molecule has 27 heavy (non-hydrogen) atoms. The molecule has 152 valence electrons. The lowest BCUT2D eigenvalue weighted by atomic mass is 9.88. The van der Waals surface area contributed by atoms with Crippen molar-refractivity contribution in [3.8, 4) is 0 Å². The molecule has 1 aliphatic rings. The van der Waals surface area contributed by atoms with E-state index >= 15 is 0 Å². The summed E-state index contributed by atoms with van der Waals surface area (Å²) in [6, 6.07) is 10.2. The zero-order valence-corrected chi connectivity index (χ0v) is 19.3. The average Bonchev–Trinajstić information content (AvgIpc) is 3.03. The van der Waals surface area contributed by atoms with Gasteiger partial charge in [-0.3, -0.25) is 0 Å². The second-order valence-corrected chi connectivity index (χ2v) is 15.2. The van der Waals surface area contributed by atoms with Gasteiger partial charge in [-0.1, -0.05) is 68.7 Å². The first kappa shape index (κ1) is 22.3. The summed E-state index contributed by atoms with van der Waals surface area (Å²) in [6.07, 6.45) is 0.526. The first-order valence-electron chi connectivity index (χ1n) is 10.1. The van der Waals surface area contributed by atoms with Gasteiger partial charge in [0.25, 0.3) is 0 Å². The summed E-state index contributed by atoms with van der Waals surface area (Å²) in [5.74, 6) is -0.186. The number of aliphatic hydroxyl groups is 1. The third-order valence-corrected chi connectivity index (χ3v) is 14.5. The van der Waals surface area contributed by atoms with Gasteiger partial charge in [-0.2, -0.15) is 4.31 Å². The minimum Gasteiger partial charge on any atom is -0.388 e. The van der Waals surface area contributed by atoms with Gasteiger partial charge < -0.3 is 5.11 Å². The van der Waals surface area contributed by atoms with E-state index in [2.05, 4.69) is 27.4 Å². The number of hydrogen-bond acceptors (Lipinski definition) is 3. The highest BCUT2D eigenvalue weighted by Crippen LogP contribution is 2.43. The fourth-order valence-electron chi connectivity index (χ4n) is 4.49. The summed E-state index contributed by atoms with van der Waals surface area (Å²) >= 11 is 0. The maximum absolute atomic E-state index is 13.2. The van der Waals surface area contributed by atoms with Crippen LogP contribution < -0.4 is 0 Å². The second-order valence-electron chi connectivity index (χ2n) is 7.99. The van der Waals surface area contributed by atoms with Crippen molar-refractivity contribution in [2.45, 2.75) is 69.7 Å². The van der Waals surface area contributed by atoms with E-state index in [0.717, 1.165) is 28.9 Å². The van der Waals surface area contributed by atoms with Crippen molar-refractivity contribution in [3.63, 3.8) is 0 Å². The SMILES string of the molecule is C=C([C@@H]1CN(S(=O)(=O)c2ccc(C)cc2)C[C@@]1(O)CC)[Si](CC)(CC)CC. The molecular formula is C21H35NO3SSi. The molecule has 4 nitrogen and oxygen atoms in total. The second kappa shape index (κ2) is 8.19. The molecule has 1 aliphatic heterocycles. The Kier molecular flexibility index (Phi) is 6.78. The van der Waals surface area contributed by atoms with Gasteiger partial charge in [0.05, 0.1) is 18.6 Å². The van der Waals surface area contributed by atoms with E-state index in [1.165, 1.54) is 4.31 Å². The summed E-state index contributed by atoms with van der Waals surface area (Å²) < 4.78 is 27.8. The van der Waals surface area contributed by atoms with Gasteiger partial charge in [-0.05, 0) is 25.5 Å². The summed E-state index contributed by atoms with van der Waals surface area (Å²) in [5, 5.41) is 12.5. The lowest BCUT2D eigenvalue weighted by Crippen LogP contribution is -2.46. The standard InChI is InChI=1S/C21H35NO3SSi/c1-7-21(23)16-22(26(24,25)19-13-11-17(5)12-14-19)15-20(21)18(6)27(8-2,9-3)10-4/h11-14,20,23H,6-10,15-16H2,1-5H3/t20-,21-/m0/s1. The zero-order chi connectivity index (χ0) is 20.5. The molecule has 2 rings (SSSR count). The molecule has 0 aromatic heterocycles. The Balaban J connectivity index is 2.40. The Hall–Kier alpha value is -0.953. The highest BCUT2D eigenvalue weighted by atomic mass is 32.2. The van der Waals surface area contributed by atoms with Crippen molar-refractivity contribution in [2.75, 3.05) is 13.1 Å². The van der Waals surface area contributed by atoms with Gasteiger partial charge in [0.1, 0.15) is 0 Å². The van der Waals surface area contributed by atoms with Crippen molar-refractivity contribution in [2.24, 2.45) is 5.92 Å². The smallest absolute Gasteiger partial charge is 0.243 e. The van der Waals surface area contributed by atoms with E-state index in [-0.39, 0.29) is 12.5 Å². The molecule has 0 aliphatic carbocycles. The molecule has 1 fully saturated rings. The van der Waals surface area contributed by atoms with E-state index < -0.39 is 23.7 Å². The maximum atomic E-state index is 13.2. The largest absolute Gasteiger partial charge is 0.388 e. The third kappa shape index (κ3) is 3.95. The Morgan fingerprint density at radius 3 is 2.15 bits per heavy atom. The Morgan fingerprint density at radius 2 is 1.70 bits per heavy atom. The van der Waals surface area contributed by atoms with Crippen molar-refractivity contribution in [1.29, 1.82) is 0 Å². The number of aryl methyl sites for hydroxylation is 1. The molecule has 0 radical (unpaired) electrons. The van der Waals surface area contributed by atoms with Crippen LogP contribution in [0.2, 0.25) is 18.1 Å². The number of nitrogens with zero attached hydrogens (tertiary/aromatic N) is 1. The third-order valence-electron chi connectivity index (χ3n) is 6.89. The normalized spacial score (nSPS) is 24.3. The van der Waals surface area contributed by atoms with Crippen LogP contribution in [0.1, 0.15) is 39.7 Å². The van der Waals surface area contributed by atoms with Gasteiger partial charge in [-0.25, -0.2) is 8.42 Å². The number of hydrogen-bond donors (Lipinski definition) is 1. The molecular weight excluding hydrogens is 374 g/mol. The van der Waals surface area contributed by atoms with Gasteiger partial charge in [0.2, 0.25) is 10.0 Å². The molecule has 6 heteroatoms. The molecule has 0 unspecified atom stereocenters. The predicted molar refractivity (Wildman–Crippen MR) is 115 cm³/mol. The fourth-order valence-corrected chi connectivity index (χ4v) is 9.97. The van der Waals surface area contributed by atoms with Crippen LogP contribution in [0, 0.1) is 12.8 Å². The molecule has 1 N–H and O–H groups in total. The molecule has 0 amide bonds. The summed E-state index contributed by atoms with van der Waals surface area (Å²) in [5.41, 5.74) is -0.0107. The number of rotatable bonds is 8. The minimum atomic E-state index is -3.62. The van der Waals surface area contributed by atoms with Crippen LogP contribution >= 0.6 is 0 Å². The quantitative estimate of drug-likeness (QED) is 0.649. The molecule has 1 heterocycles. The van der Waals surface area contributed by atoms with Gasteiger partial charge in [0.15, 0.2) is 0 Å². The van der Waals surface area contributed by atoms with Crippen molar-refractivity contribution >= 4 is 18.1 Å². The first-order chi connectivity index (χ1) is 12.6. The minimum absolute atomic E-state index is 0.144. The average molecular weight is 410 g/mol. The monoisotopic (exact) mass is 409 g/mol. The van der Waals surface area contributed by atoms with Crippen LogP contribution in [0.15, 0.2) is 40.9 Å². The van der Waals surface area contributed by atoms with Gasteiger partial charge >= 0.3 is 0 Å². The van der Waals surface area contributed by atoms with Crippen LogP contribution in [0.25, 0.3) is 0 Å². The summed E-state index contributed by atoms with van der Waals surface area (Å²) in [4.78, 5) is 0.294. The molecule has 0 saturated carbocycles. The number of β-amino-alcohol motifs (C(OH)–C–C–N with tert-alkyl or cyclic N) is 1. The lowest BCUT2D eigenvalue weighted by Gasteiger charge is -2.39. The van der Waals surface area contributed by atoms with Crippen LogP contribution in [0.5, 0.6) is 0 Å². The predicted octanol–water partition coefficient (Wildman–Crippen LogP) is 4.36. The van der Waals surface area contributed by atoms with Crippen LogP contribution in [-0.2, 0) is 10.0 Å². The molecule has 0 bridgehead atoms. The first-order valence-corrected chi connectivity index (χ1v) is 14.1. The van der Waals surface area contributed by atoms with Gasteiger partial charge in [-0.15, -0.1) is 6.58 Å². The van der Waals surface area contributed by atoms with Crippen molar-refractivity contribution in [3.05, 3.63) is 41.6 Å². The van der Waals surface area contributed by atoms with E-state index in [1.54, 1.807) is 12.1 Å². The van der Waals surface area contributed by atoms with Crippen molar-refractivity contribution in [1.82, 2.24) is 4.31 Å². The van der Waals surface area contributed by atoms with Crippen LogP contribution in [0.3, 0.4) is 0 Å². The zero-order valence-electron chi connectivity index (χ0n) is 17.5.